The van der Waals surface area contributed by atoms with Crippen LogP contribution in [0.5, 0.6) is 0 Å². The van der Waals surface area contributed by atoms with Gasteiger partial charge in [0.05, 0.1) is 0 Å². The SMILES string of the molecule is CC/C=C/C=C/C=C/CCCCCCCC(=O)OCC(COC(=O)CCCCCCCCCCC/C=C/C/C=C/C/C=C/CC)OC(=O)CCCCCC/C=C/C/C=C/C/C=C/CC. The Morgan fingerprint density at radius 1 is 0.328 bits per heavy atom. The van der Waals surface area contributed by atoms with Gasteiger partial charge in [-0.25, -0.2) is 0 Å². The minimum Gasteiger partial charge on any atom is -0.462 e. The molecule has 0 fully saturated rings. The zero-order valence-corrected chi connectivity index (χ0v) is 41.3. The third-order valence-corrected chi connectivity index (χ3v) is 10.6. The second kappa shape index (κ2) is 51.7. The summed E-state index contributed by atoms with van der Waals surface area (Å²) >= 11 is 0. The van der Waals surface area contributed by atoms with Crippen LogP contribution in [0, 0.1) is 0 Å². The molecule has 0 N–H and O–H groups in total. The minimum absolute atomic E-state index is 0.0989. The summed E-state index contributed by atoms with van der Waals surface area (Å²) in [5.41, 5.74) is 0. The summed E-state index contributed by atoms with van der Waals surface area (Å²) in [5, 5.41) is 0. The molecule has 0 amide bonds. The average molecular weight is 887 g/mol. The molecule has 0 aromatic heterocycles. The maximum Gasteiger partial charge on any atom is 0.306 e. The van der Waals surface area contributed by atoms with Crippen molar-refractivity contribution in [2.24, 2.45) is 0 Å². The number of unbranched alkanes of at least 4 members (excludes halogenated alkanes) is 18. The van der Waals surface area contributed by atoms with Gasteiger partial charge >= 0.3 is 17.9 Å². The topological polar surface area (TPSA) is 78.9 Å². The maximum atomic E-state index is 12.8. The van der Waals surface area contributed by atoms with E-state index in [1.807, 2.05) is 0 Å². The molecule has 0 aliphatic heterocycles. The lowest BCUT2D eigenvalue weighted by molar-refractivity contribution is -0.167. The normalized spacial score (nSPS) is 13.0. The minimum atomic E-state index is -0.802. The molecule has 0 aliphatic rings. The molecule has 0 heterocycles. The Hall–Kier alpha value is -3.93. The first-order chi connectivity index (χ1) is 31.5. The lowest BCUT2D eigenvalue weighted by Gasteiger charge is -2.18. The molecule has 0 saturated carbocycles. The van der Waals surface area contributed by atoms with E-state index in [4.69, 9.17) is 14.2 Å². The summed E-state index contributed by atoms with van der Waals surface area (Å²) in [4.78, 5) is 38.0. The van der Waals surface area contributed by atoms with E-state index in [0.29, 0.717) is 19.3 Å². The van der Waals surface area contributed by atoms with Gasteiger partial charge in [0.25, 0.3) is 0 Å². The Balaban J connectivity index is 4.43. The van der Waals surface area contributed by atoms with Gasteiger partial charge in [0, 0.05) is 19.3 Å². The fourth-order valence-corrected chi connectivity index (χ4v) is 6.76. The molecule has 0 bridgehead atoms. The van der Waals surface area contributed by atoms with Crippen molar-refractivity contribution in [2.45, 2.75) is 226 Å². The van der Waals surface area contributed by atoms with Crippen molar-refractivity contribution >= 4 is 17.9 Å². The van der Waals surface area contributed by atoms with Crippen LogP contribution in [-0.2, 0) is 28.6 Å². The van der Waals surface area contributed by atoms with Crippen molar-refractivity contribution in [3.05, 3.63) is 109 Å². The molecule has 0 aromatic carbocycles. The molecule has 0 rings (SSSR count). The quantitative estimate of drug-likeness (QED) is 0.0199. The van der Waals surface area contributed by atoms with Crippen LogP contribution in [0.4, 0.5) is 0 Å². The molecule has 362 valence electrons. The highest BCUT2D eigenvalue weighted by molar-refractivity contribution is 5.71. The van der Waals surface area contributed by atoms with E-state index in [9.17, 15) is 14.4 Å². The molecule has 64 heavy (non-hydrogen) atoms. The van der Waals surface area contributed by atoms with E-state index >= 15 is 0 Å². The van der Waals surface area contributed by atoms with Crippen LogP contribution in [0.15, 0.2) is 109 Å². The Bertz CT molecular complexity index is 1340. The first-order valence-electron chi connectivity index (χ1n) is 25.9. The van der Waals surface area contributed by atoms with Crippen LogP contribution >= 0.6 is 0 Å². The van der Waals surface area contributed by atoms with E-state index in [-0.39, 0.29) is 31.1 Å². The van der Waals surface area contributed by atoms with Gasteiger partial charge in [0.2, 0.25) is 0 Å². The summed E-state index contributed by atoms with van der Waals surface area (Å²) in [6, 6.07) is 0. The van der Waals surface area contributed by atoms with Gasteiger partial charge < -0.3 is 14.2 Å². The van der Waals surface area contributed by atoms with Crippen LogP contribution in [0.2, 0.25) is 0 Å². The molecule has 6 nitrogen and oxygen atoms in total. The monoisotopic (exact) mass is 887 g/mol. The second-order valence-corrected chi connectivity index (χ2v) is 16.7. The summed E-state index contributed by atoms with van der Waals surface area (Å²) in [7, 11) is 0. The van der Waals surface area contributed by atoms with Crippen LogP contribution in [0.3, 0.4) is 0 Å². The maximum absolute atomic E-state index is 12.8. The number of ether oxygens (including phenoxy) is 3. The standard InChI is InChI=1S/C58H94O6/c1-4-7-10-13-16-19-22-25-27-28-29-30-31-34-36-39-42-45-48-51-57(60)63-54-55(53-62-56(59)50-47-44-41-38-35-32-24-21-18-15-12-9-6-3)64-58(61)52-49-46-43-40-37-33-26-23-20-17-14-11-8-5-2/h7-12,15-21,24-27,33,55H,4-6,13-14,22-23,28-32,34-54H2,1-3H3/b10-7+,11-8+,12-9+,18-15+,19-16+,20-17+,24-21+,27-25+,33-26+. The smallest absolute Gasteiger partial charge is 0.306 e. The number of allylic oxidation sites excluding steroid dienone is 18. The van der Waals surface area contributed by atoms with Crippen LogP contribution in [0.1, 0.15) is 220 Å². The predicted molar refractivity (Wildman–Crippen MR) is 274 cm³/mol. The Labute approximate surface area is 393 Å². The lowest BCUT2D eigenvalue weighted by Crippen LogP contribution is -2.30. The van der Waals surface area contributed by atoms with Gasteiger partial charge in [-0.05, 0) is 103 Å². The number of hydrogen-bond donors (Lipinski definition) is 0. The van der Waals surface area contributed by atoms with Crippen LogP contribution in [-0.4, -0.2) is 37.2 Å². The van der Waals surface area contributed by atoms with E-state index in [1.165, 1.54) is 44.9 Å². The Morgan fingerprint density at radius 3 is 1.05 bits per heavy atom. The van der Waals surface area contributed by atoms with Crippen molar-refractivity contribution < 1.29 is 28.6 Å². The molecule has 0 aromatic rings. The Morgan fingerprint density at radius 2 is 0.641 bits per heavy atom. The highest BCUT2D eigenvalue weighted by Gasteiger charge is 2.19. The van der Waals surface area contributed by atoms with E-state index in [2.05, 4.69) is 130 Å². The van der Waals surface area contributed by atoms with Gasteiger partial charge in [-0.3, -0.25) is 14.4 Å². The summed E-state index contributed by atoms with van der Waals surface area (Å²) in [6.07, 6.45) is 69.3. The van der Waals surface area contributed by atoms with Gasteiger partial charge in [0.1, 0.15) is 13.2 Å². The van der Waals surface area contributed by atoms with Crippen molar-refractivity contribution in [1.82, 2.24) is 0 Å². The van der Waals surface area contributed by atoms with Gasteiger partial charge in [-0.2, -0.15) is 0 Å². The van der Waals surface area contributed by atoms with Crippen LogP contribution < -0.4 is 0 Å². The lowest BCUT2D eigenvalue weighted by atomic mass is 10.1. The second-order valence-electron chi connectivity index (χ2n) is 16.7. The molecule has 1 atom stereocenters. The molecule has 6 heteroatoms. The largest absolute Gasteiger partial charge is 0.462 e. The van der Waals surface area contributed by atoms with Crippen LogP contribution in [0.25, 0.3) is 0 Å². The molecule has 0 radical (unpaired) electrons. The van der Waals surface area contributed by atoms with Crippen molar-refractivity contribution in [2.75, 3.05) is 13.2 Å². The van der Waals surface area contributed by atoms with Gasteiger partial charge in [-0.15, -0.1) is 0 Å². The molecular weight excluding hydrogens is 793 g/mol. The van der Waals surface area contributed by atoms with E-state index in [1.54, 1.807) is 0 Å². The number of carbonyl (C=O) groups excluding carboxylic acids is 3. The average Bonchev–Trinajstić information content (AvgIpc) is 3.29. The number of rotatable bonds is 45. The fourth-order valence-electron chi connectivity index (χ4n) is 6.76. The fraction of sp³-hybridized carbons (Fsp3) is 0.638. The van der Waals surface area contributed by atoms with Crippen molar-refractivity contribution in [1.29, 1.82) is 0 Å². The summed E-state index contributed by atoms with van der Waals surface area (Å²) in [5.74, 6) is -0.953. The first kappa shape index (κ1) is 60.1. The summed E-state index contributed by atoms with van der Waals surface area (Å²) < 4.78 is 16.8. The highest BCUT2D eigenvalue weighted by Crippen LogP contribution is 2.14. The predicted octanol–water partition coefficient (Wildman–Crippen LogP) is 17.1. The third kappa shape index (κ3) is 49.1. The molecule has 1 unspecified atom stereocenters. The number of hydrogen-bond acceptors (Lipinski definition) is 6. The van der Waals surface area contributed by atoms with Crippen molar-refractivity contribution in [3.8, 4) is 0 Å². The van der Waals surface area contributed by atoms with Gasteiger partial charge in [0.15, 0.2) is 6.10 Å². The van der Waals surface area contributed by atoms with E-state index < -0.39 is 6.10 Å². The molecular formula is C58H94O6. The molecule has 0 aliphatic carbocycles. The Kier molecular flexibility index (Phi) is 48.5. The summed E-state index contributed by atoms with van der Waals surface area (Å²) in [6.45, 7) is 6.23. The zero-order chi connectivity index (χ0) is 46.5. The number of carbonyl (C=O) groups is 3. The molecule has 0 saturated heterocycles. The zero-order valence-electron chi connectivity index (χ0n) is 41.3. The van der Waals surface area contributed by atoms with Crippen molar-refractivity contribution in [3.63, 3.8) is 0 Å². The highest BCUT2D eigenvalue weighted by atomic mass is 16.6. The molecule has 0 spiro atoms. The van der Waals surface area contributed by atoms with E-state index in [0.717, 1.165) is 135 Å². The number of esters is 3. The third-order valence-electron chi connectivity index (χ3n) is 10.6. The first-order valence-corrected chi connectivity index (χ1v) is 25.9. The van der Waals surface area contributed by atoms with Gasteiger partial charge in [-0.1, -0.05) is 207 Å².